The van der Waals surface area contributed by atoms with Gasteiger partial charge in [-0.3, -0.25) is 0 Å². The molecule has 0 aliphatic carbocycles. The molecule has 1 aromatic rings. The molecular weight excluding hydrogens is 168 g/mol. The molecule has 0 saturated carbocycles. The second-order valence-corrected chi connectivity index (χ2v) is 3.35. The van der Waals surface area contributed by atoms with Gasteiger partial charge in [0.15, 0.2) is 0 Å². The Kier molecular flexibility index (Phi) is 1.62. The molecule has 13 heavy (non-hydrogen) atoms. The first-order valence-corrected chi connectivity index (χ1v) is 4.44. The van der Waals surface area contributed by atoms with Crippen molar-refractivity contribution in [2.45, 2.75) is 18.3 Å². The van der Waals surface area contributed by atoms with E-state index in [9.17, 15) is 0 Å². The van der Waals surface area contributed by atoms with Crippen LogP contribution in [0.1, 0.15) is 11.7 Å². The molecule has 2 aliphatic rings. The van der Waals surface area contributed by atoms with Crippen molar-refractivity contribution in [2.75, 3.05) is 6.61 Å². The Morgan fingerprint density at radius 3 is 2.85 bits per heavy atom. The van der Waals surface area contributed by atoms with E-state index in [2.05, 4.69) is 0 Å². The van der Waals surface area contributed by atoms with Gasteiger partial charge in [-0.15, -0.1) is 0 Å². The molecule has 0 aromatic heterocycles. The standard InChI is InChI=1S/C10H10O3/c1-2-4-7(5-3-1)9-10-8(12-10)6-11-13-9/h1-5,8-10H,6H2/t8-,9-,10-/m1/s1. The van der Waals surface area contributed by atoms with Crippen LogP contribution in [-0.2, 0) is 14.5 Å². The Bertz CT molecular complexity index is 298. The molecular formula is C10H10O3. The number of hydrogen-bond acceptors (Lipinski definition) is 3. The molecule has 3 atom stereocenters. The summed E-state index contributed by atoms with van der Waals surface area (Å²) in [6.45, 7) is 0.563. The van der Waals surface area contributed by atoms with Gasteiger partial charge in [0.25, 0.3) is 0 Å². The molecule has 2 fully saturated rings. The van der Waals surface area contributed by atoms with E-state index in [1.165, 1.54) is 0 Å². The third-order valence-corrected chi connectivity index (χ3v) is 2.45. The molecule has 3 heteroatoms. The first-order chi connectivity index (χ1) is 6.45. The fourth-order valence-corrected chi connectivity index (χ4v) is 1.68. The van der Waals surface area contributed by atoms with Crippen LogP contribution < -0.4 is 0 Å². The van der Waals surface area contributed by atoms with Crippen molar-refractivity contribution in [2.24, 2.45) is 0 Å². The van der Waals surface area contributed by atoms with Crippen LogP contribution in [0.3, 0.4) is 0 Å². The second kappa shape index (κ2) is 2.80. The van der Waals surface area contributed by atoms with Crippen LogP contribution >= 0.6 is 0 Å². The molecule has 0 radical (unpaired) electrons. The van der Waals surface area contributed by atoms with E-state index in [-0.39, 0.29) is 18.3 Å². The Labute approximate surface area is 76.1 Å². The van der Waals surface area contributed by atoms with Gasteiger partial charge in [-0.25, -0.2) is 9.78 Å². The van der Waals surface area contributed by atoms with Gasteiger partial charge in [0, 0.05) is 0 Å². The SMILES string of the molecule is c1ccc([C@H]2OOC[C@H]3O[C@@H]23)cc1. The quantitative estimate of drug-likeness (QED) is 0.482. The van der Waals surface area contributed by atoms with E-state index in [4.69, 9.17) is 14.5 Å². The number of ether oxygens (including phenoxy) is 1. The molecule has 0 bridgehead atoms. The van der Waals surface area contributed by atoms with Crippen LogP contribution in [0.4, 0.5) is 0 Å². The van der Waals surface area contributed by atoms with Gasteiger partial charge in [0.1, 0.15) is 24.9 Å². The van der Waals surface area contributed by atoms with Crippen LogP contribution in [0.15, 0.2) is 30.3 Å². The highest BCUT2D eigenvalue weighted by atomic mass is 17.2. The van der Waals surface area contributed by atoms with E-state index >= 15 is 0 Å². The fourth-order valence-electron chi connectivity index (χ4n) is 1.68. The van der Waals surface area contributed by atoms with Crippen molar-refractivity contribution < 1.29 is 14.5 Å². The predicted molar refractivity (Wildman–Crippen MR) is 44.9 cm³/mol. The lowest BCUT2D eigenvalue weighted by molar-refractivity contribution is -0.339. The number of fused-ring (bicyclic) bond motifs is 1. The van der Waals surface area contributed by atoms with Gasteiger partial charge in [0.2, 0.25) is 0 Å². The summed E-state index contributed by atoms with van der Waals surface area (Å²) in [5, 5.41) is 0. The zero-order chi connectivity index (χ0) is 8.67. The molecule has 0 N–H and O–H groups in total. The zero-order valence-electron chi connectivity index (χ0n) is 7.05. The molecule has 1 aromatic carbocycles. The number of epoxide rings is 1. The average Bonchev–Trinajstić information content (AvgIpc) is 2.97. The predicted octanol–water partition coefficient (Wildman–Crippen LogP) is 1.46. The molecule has 3 nitrogen and oxygen atoms in total. The molecule has 68 valence electrons. The van der Waals surface area contributed by atoms with Gasteiger partial charge in [-0.1, -0.05) is 30.3 Å². The third kappa shape index (κ3) is 1.25. The summed E-state index contributed by atoms with van der Waals surface area (Å²) in [4.78, 5) is 10.2. The lowest BCUT2D eigenvalue weighted by Gasteiger charge is -2.17. The molecule has 2 aliphatic heterocycles. The smallest absolute Gasteiger partial charge is 0.147 e. The van der Waals surface area contributed by atoms with Crippen LogP contribution in [0, 0.1) is 0 Å². The maximum Gasteiger partial charge on any atom is 0.147 e. The lowest BCUT2D eigenvalue weighted by atomic mass is 10.0. The molecule has 0 spiro atoms. The molecule has 3 rings (SSSR count). The summed E-state index contributed by atoms with van der Waals surface area (Å²) in [6.07, 6.45) is 0.412. The van der Waals surface area contributed by atoms with Crippen LogP contribution in [0.5, 0.6) is 0 Å². The van der Waals surface area contributed by atoms with Gasteiger partial charge < -0.3 is 4.74 Å². The lowest BCUT2D eigenvalue weighted by Crippen LogP contribution is -2.21. The van der Waals surface area contributed by atoms with Gasteiger partial charge in [0.05, 0.1) is 0 Å². The highest BCUT2D eigenvalue weighted by molar-refractivity contribution is 5.21. The first kappa shape index (κ1) is 7.50. The normalized spacial score (nSPS) is 36.8. The number of benzene rings is 1. The topological polar surface area (TPSA) is 31.0 Å². The van der Waals surface area contributed by atoms with Crippen LogP contribution in [-0.4, -0.2) is 18.8 Å². The maximum atomic E-state index is 5.39. The minimum absolute atomic E-state index is 0.0417. The zero-order valence-corrected chi connectivity index (χ0v) is 7.05. The summed E-state index contributed by atoms with van der Waals surface area (Å²) in [6, 6.07) is 10.0. The van der Waals surface area contributed by atoms with E-state index in [0.29, 0.717) is 6.61 Å². The minimum Gasteiger partial charge on any atom is -0.364 e. The second-order valence-electron chi connectivity index (χ2n) is 3.35. The highest BCUT2D eigenvalue weighted by Crippen LogP contribution is 2.40. The largest absolute Gasteiger partial charge is 0.364 e. The highest BCUT2D eigenvalue weighted by Gasteiger charge is 2.50. The van der Waals surface area contributed by atoms with Gasteiger partial charge in [-0.2, -0.15) is 0 Å². The monoisotopic (exact) mass is 178 g/mol. The fraction of sp³-hybridized carbons (Fsp3) is 0.400. The van der Waals surface area contributed by atoms with Crippen molar-refractivity contribution >= 4 is 0 Å². The molecule has 2 heterocycles. The summed E-state index contributed by atoms with van der Waals surface area (Å²) in [5.41, 5.74) is 1.12. The Hall–Kier alpha value is -0.900. The summed E-state index contributed by atoms with van der Waals surface area (Å²) in [5.74, 6) is 0. The van der Waals surface area contributed by atoms with Gasteiger partial charge in [-0.05, 0) is 5.56 Å². The van der Waals surface area contributed by atoms with E-state index in [0.717, 1.165) is 5.56 Å². The van der Waals surface area contributed by atoms with Crippen molar-refractivity contribution in [3.05, 3.63) is 35.9 Å². The van der Waals surface area contributed by atoms with E-state index < -0.39 is 0 Å². The van der Waals surface area contributed by atoms with E-state index in [1.807, 2.05) is 30.3 Å². The van der Waals surface area contributed by atoms with Crippen LogP contribution in [0.25, 0.3) is 0 Å². The van der Waals surface area contributed by atoms with Crippen LogP contribution in [0.2, 0.25) is 0 Å². The van der Waals surface area contributed by atoms with Crippen molar-refractivity contribution in [3.63, 3.8) is 0 Å². The molecule has 2 saturated heterocycles. The van der Waals surface area contributed by atoms with E-state index in [1.54, 1.807) is 0 Å². The third-order valence-electron chi connectivity index (χ3n) is 2.45. The minimum atomic E-state index is -0.0417. The maximum absolute atomic E-state index is 5.39. The summed E-state index contributed by atoms with van der Waals surface area (Å²) >= 11 is 0. The van der Waals surface area contributed by atoms with Gasteiger partial charge >= 0.3 is 0 Å². The molecule has 0 amide bonds. The van der Waals surface area contributed by atoms with Crippen molar-refractivity contribution in [1.82, 2.24) is 0 Å². The van der Waals surface area contributed by atoms with Crippen molar-refractivity contribution in [3.8, 4) is 0 Å². The Morgan fingerprint density at radius 1 is 1.15 bits per heavy atom. The Morgan fingerprint density at radius 2 is 2.00 bits per heavy atom. The average molecular weight is 178 g/mol. The molecule has 0 unspecified atom stereocenters. The summed E-state index contributed by atoms with van der Waals surface area (Å²) < 4.78 is 5.39. The Balaban J connectivity index is 1.85. The number of rotatable bonds is 1. The summed E-state index contributed by atoms with van der Waals surface area (Å²) in [7, 11) is 0. The number of hydrogen-bond donors (Lipinski definition) is 0. The first-order valence-electron chi connectivity index (χ1n) is 4.44. The van der Waals surface area contributed by atoms with Crippen molar-refractivity contribution in [1.29, 1.82) is 0 Å².